The molecule has 0 atom stereocenters. The Balaban J connectivity index is 3.39. The Kier molecular flexibility index (Phi) is 2.15. The first-order valence-electron chi connectivity index (χ1n) is 3.11. The van der Waals surface area contributed by atoms with E-state index in [1.54, 1.807) is 0 Å². The van der Waals surface area contributed by atoms with E-state index in [9.17, 15) is 29.8 Å². The molecule has 9 heteroatoms. The van der Waals surface area contributed by atoms with E-state index in [0.717, 1.165) is 0 Å². The number of nitro groups is 2. The Morgan fingerprint density at radius 1 is 1.14 bits per heavy atom. The van der Waals surface area contributed by atoms with Gasteiger partial charge < -0.3 is 0 Å². The van der Waals surface area contributed by atoms with Crippen molar-refractivity contribution in [2.75, 3.05) is 0 Å². The molecule has 0 bridgehead atoms. The summed E-state index contributed by atoms with van der Waals surface area (Å²) in [7, 11) is 0. The number of ketones is 1. The van der Waals surface area contributed by atoms with Crippen molar-refractivity contribution in [1.29, 1.82) is 0 Å². The summed E-state index contributed by atoms with van der Waals surface area (Å²) in [5.74, 6) is -2.97. The number of allylic oxidation sites excluding steroid dienone is 1. The van der Waals surface area contributed by atoms with Gasteiger partial charge in [-0.15, -0.1) is 0 Å². The van der Waals surface area contributed by atoms with Crippen molar-refractivity contribution >= 4 is 17.9 Å². The zero-order chi connectivity index (χ0) is 10.9. The molecule has 0 radical (unpaired) electrons. The van der Waals surface area contributed by atoms with Crippen molar-refractivity contribution in [3.8, 4) is 0 Å². The van der Waals surface area contributed by atoms with Crippen molar-refractivity contribution in [1.82, 2.24) is 0 Å². The van der Waals surface area contributed by atoms with Gasteiger partial charge in [0.15, 0.2) is 0 Å². The molecule has 0 saturated carbocycles. The minimum absolute atomic E-state index is 0.391. The molecule has 0 saturated heterocycles. The number of dihydropyridines is 1. The minimum atomic E-state index is -1.58. The van der Waals surface area contributed by atoms with Gasteiger partial charge in [-0.05, 0) is 0 Å². The third-order valence-electron chi connectivity index (χ3n) is 1.34. The van der Waals surface area contributed by atoms with Gasteiger partial charge in [0.1, 0.15) is 6.21 Å². The summed E-state index contributed by atoms with van der Waals surface area (Å²) < 4.78 is 0. The van der Waals surface area contributed by atoms with Crippen LogP contribution < -0.4 is 0 Å². The van der Waals surface area contributed by atoms with Crippen LogP contribution >= 0.6 is 0 Å². The summed E-state index contributed by atoms with van der Waals surface area (Å²) in [6.45, 7) is 0. The predicted octanol–water partition coefficient (Wildman–Crippen LogP) is -1.07. The summed E-state index contributed by atoms with van der Waals surface area (Å²) >= 11 is 0. The molecule has 14 heavy (non-hydrogen) atoms. The van der Waals surface area contributed by atoms with E-state index in [4.69, 9.17) is 0 Å². The molecule has 1 heterocycles. The first-order chi connectivity index (χ1) is 6.45. The second-order valence-corrected chi connectivity index (χ2v) is 2.14. The molecular weight excluding hydrogens is 198 g/mol. The number of carbonyl (C=O) groups is 2. The number of hydrogen-bond donors (Lipinski definition) is 0. The lowest BCUT2D eigenvalue weighted by Gasteiger charge is -1.98. The third-order valence-corrected chi connectivity index (χ3v) is 1.34. The van der Waals surface area contributed by atoms with Crippen LogP contribution in [-0.4, -0.2) is 27.8 Å². The third kappa shape index (κ3) is 1.37. The molecule has 0 N–H and O–H groups in total. The molecule has 0 aromatic carbocycles. The van der Waals surface area contributed by atoms with E-state index in [1.807, 2.05) is 0 Å². The lowest BCUT2D eigenvalue weighted by Crippen LogP contribution is -2.27. The molecule has 1 aliphatic rings. The van der Waals surface area contributed by atoms with Crippen LogP contribution in [0, 0.1) is 20.2 Å². The van der Waals surface area contributed by atoms with Crippen molar-refractivity contribution in [2.24, 2.45) is 4.99 Å². The normalized spacial score (nSPS) is 16.0. The molecule has 1 aliphatic heterocycles. The lowest BCUT2D eigenvalue weighted by atomic mass is 10.2. The zero-order valence-corrected chi connectivity index (χ0v) is 6.37. The average molecular weight is 199 g/mol. The maximum atomic E-state index is 10.8. The molecule has 0 spiro atoms. The standard InChI is InChI=1S/C5HN3O6/c9-4-3(8(13)14)2(7(11)12)1-6-5(4)10/h1H. The molecule has 0 aliphatic carbocycles. The number of hydrogen-bond acceptors (Lipinski definition) is 6. The van der Waals surface area contributed by atoms with Crippen LogP contribution in [-0.2, 0) is 9.59 Å². The van der Waals surface area contributed by atoms with Crippen LogP contribution in [0.5, 0.6) is 0 Å². The summed E-state index contributed by atoms with van der Waals surface area (Å²) in [5.41, 5.74) is -2.44. The van der Waals surface area contributed by atoms with Gasteiger partial charge in [-0.1, -0.05) is 0 Å². The first-order valence-corrected chi connectivity index (χ1v) is 3.11. The summed E-state index contributed by atoms with van der Waals surface area (Å²) in [6.07, 6.45) is 0.391. The van der Waals surface area contributed by atoms with Crippen LogP contribution in [0.2, 0.25) is 0 Å². The fraction of sp³-hybridized carbons (Fsp3) is 0. The topological polar surface area (TPSA) is 133 Å². The van der Waals surface area contributed by atoms with E-state index in [2.05, 4.69) is 4.99 Å². The van der Waals surface area contributed by atoms with Gasteiger partial charge in [0.25, 0.3) is 0 Å². The molecule has 9 nitrogen and oxygen atoms in total. The average Bonchev–Trinajstić information content (AvgIpc) is 2.08. The fourth-order valence-corrected chi connectivity index (χ4v) is 0.767. The van der Waals surface area contributed by atoms with Crippen LogP contribution in [0.4, 0.5) is 0 Å². The smallest absolute Gasteiger partial charge is 0.276 e. The molecule has 0 aromatic heterocycles. The Hall–Kier alpha value is -2.45. The molecular formula is C5HN3O6. The maximum absolute atomic E-state index is 10.8. The Morgan fingerprint density at radius 3 is 2.14 bits per heavy atom. The van der Waals surface area contributed by atoms with Gasteiger partial charge in [-0.25, -0.2) is 4.99 Å². The van der Waals surface area contributed by atoms with Gasteiger partial charge in [0.05, 0.1) is 9.85 Å². The predicted molar refractivity (Wildman–Crippen MR) is 39.5 cm³/mol. The second-order valence-electron chi connectivity index (χ2n) is 2.14. The number of Topliss-reactive ketones (excluding diaryl/α,β-unsaturated/α-hetero) is 1. The van der Waals surface area contributed by atoms with Crippen molar-refractivity contribution in [3.63, 3.8) is 0 Å². The van der Waals surface area contributed by atoms with Gasteiger partial charge >= 0.3 is 23.1 Å². The molecule has 0 fully saturated rings. The minimum Gasteiger partial charge on any atom is -0.276 e. The second kappa shape index (κ2) is 3.12. The molecule has 0 unspecified atom stereocenters. The highest BCUT2D eigenvalue weighted by atomic mass is 16.6. The zero-order valence-electron chi connectivity index (χ0n) is 6.37. The highest BCUT2D eigenvalue weighted by Gasteiger charge is 2.41. The molecule has 0 aromatic rings. The summed E-state index contributed by atoms with van der Waals surface area (Å²) in [5, 5.41) is 20.4. The Morgan fingerprint density at radius 2 is 1.71 bits per heavy atom. The monoisotopic (exact) mass is 199 g/mol. The maximum Gasteiger partial charge on any atom is 0.400 e. The lowest BCUT2D eigenvalue weighted by molar-refractivity contribution is -0.459. The van der Waals surface area contributed by atoms with E-state index in [0.29, 0.717) is 6.21 Å². The van der Waals surface area contributed by atoms with E-state index in [-0.39, 0.29) is 0 Å². The Bertz CT molecular complexity index is 419. The number of nitrogens with zero attached hydrogens (tertiary/aromatic N) is 3. The summed E-state index contributed by atoms with van der Waals surface area (Å²) in [4.78, 5) is 42.2. The highest BCUT2D eigenvalue weighted by molar-refractivity contribution is 6.45. The largest absolute Gasteiger partial charge is 0.400 e. The van der Waals surface area contributed by atoms with Crippen molar-refractivity contribution in [3.05, 3.63) is 31.6 Å². The van der Waals surface area contributed by atoms with Gasteiger partial charge in [0.2, 0.25) is 0 Å². The van der Waals surface area contributed by atoms with E-state index < -0.39 is 32.9 Å². The number of aliphatic imine (C=N–C) groups is 1. The number of amides is 1. The molecule has 1 rings (SSSR count). The summed E-state index contributed by atoms with van der Waals surface area (Å²) in [6, 6.07) is 0. The van der Waals surface area contributed by atoms with Gasteiger partial charge in [-0.3, -0.25) is 29.8 Å². The van der Waals surface area contributed by atoms with Crippen LogP contribution in [0.25, 0.3) is 0 Å². The van der Waals surface area contributed by atoms with Crippen molar-refractivity contribution < 1.29 is 19.4 Å². The number of carbonyl (C=O) groups excluding carboxylic acids is 2. The van der Waals surface area contributed by atoms with Crippen LogP contribution in [0.15, 0.2) is 16.4 Å². The molecule has 72 valence electrons. The quantitative estimate of drug-likeness (QED) is 0.316. The van der Waals surface area contributed by atoms with Gasteiger partial charge in [-0.2, -0.15) is 0 Å². The van der Waals surface area contributed by atoms with Crippen molar-refractivity contribution in [2.45, 2.75) is 0 Å². The highest BCUT2D eigenvalue weighted by Crippen LogP contribution is 2.11. The Labute approximate surface area is 75.0 Å². The van der Waals surface area contributed by atoms with Crippen LogP contribution in [0.1, 0.15) is 0 Å². The molecule has 1 amide bonds. The number of rotatable bonds is 2. The SMILES string of the molecule is O=C1N=CC([N+](=O)[O-])=C([N+](=O)[O-])C1=O. The van der Waals surface area contributed by atoms with Crippen LogP contribution in [0.3, 0.4) is 0 Å². The van der Waals surface area contributed by atoms with E-state index >= 15 is 0 Å². The fourth-order valence-electron chi connectivity index (χ4n) is 0.767. The first kappa shape index (κ1) is 9.64. The van der Waals surface area contributed by atoms with Gasteiger partial charge in [0, 0.05) is 0 Å². The van der Waals surface area contributed by atoms with E-state index in [1.165, 1.54) is 0 Å².